The summed E-state index contributed by atoms with van der Waals surface area (Å²) in [5, 5.41) is 5.61. The first-order valence-electron chi connectivity index (χ1n) is 15.4. The minimum atomic E-state index is -1.83. The number of hydrogen-bond donors (Lipinski definition) is 5. The van der Waals surface area contributed by atoms with Crippen molar-refractivity contribution in [1.29, 1.82) is 0 Å². The number of unbranched alkanes of at least 4 members (excludes halogenated alkanes) is 1. The number of imidazole rings is 1. The Balaban J connectivity index is 1.61. The summed E-state index contributed by atoms with van der Waals surface area (Å²) in [6.45, 7) is 0.503. The van der Waals surface area contributed by atoms with Crippen LogP contribution in [-0.2, 0) is 32.0 Å². The van der Waals surface area contributed by atoms with E-state index in [1.165, 1.54) is 6.33 Å². The molecular weight excluding hydrogens is 532 g/mol. The number of aromatic amines is 1. The summed E-state index contributed by atoms with van der Waals surface area (Å²) >= 11 is 0. The van der Waals surface area contributed by atoms with Gasteiger partial charge < -0.3 is 27.1 Å². The largest absolute Gasteiger partial charge is 0.351 e. The second kappa shape index (κ2) is 15.2. The predicted octanol–water partition coefficient (Wildman–Crippen LogP) is 2.52. The first-order chi connectivity index (χ1) is 20.4. The maximum atomic E-state index is 14.4. The minimum absolute atomic E-state index is 0.0649. The molecule has 1 saturated carbocycles. The minimum Gasteiger partial charge on any atom is -0.351 e. The number of nitrogens with zero attached hydrogens (tertiary/aromatic N) is 1. The van der Waals surface area contributed by atoms with Crippen LogP contribution in [0.4, 0.5) is 0 Å². The van der Waals surface area contributed by atoms with Crippen molar-refractivity contribution < 1.29 is 19.2 Å². The number of ketones is 1. The molecule has 1 radical (unpaired) electrons. The molecule has 1 aromatic heterocycles. The Morgan fingerprint density at radius 3 is 2.57 bits per heavy atom. The molecule has 1 unspecified atom stereocenters. The number of benzene rings is 1. The van der Waals surface area contributed by atoms with E-state index < -0.39 is 35.4 Å². The van der Waals surface area contributed by atoms with Gasteiger partial charge in [-0.3, -0.25) is 19.2 Å². The van der Waals surface area contributed by atoms with Crippen molar-refractivity contribution in [3.8, 4) is 0 Å². The molecule has 4 rings (SSSR count). The number of aryl methyl sites for hydroxylation is 1. The molecule has 42 heavy (non-hydrogen) atoms. The van der Waals surface area contributed by atoms with Crippen LogP contribution in [0, 0.1) is 5.92 Å². The maximum absolute atomic E-state index is 14.4. The molecule has 0 bridgehead atoms. The molecule has 2 aromatic rings. The van der Waals surface area contributed by atoms with Gasteiger partial charge in [-0.1, -0.05) is 62.8 Å². The smallest absolute Gasteiger partial charge is 0.244 e. The van der Waals surface area contributed by atoms with Crippen LogP contribution in [0.1, 0.15) is 93.4 Å². The van der Waals surface area contributed by atoms with E-state index in [-0.39, 0.29) is 24.5 Å². The molecule has 10 heteroatoms. The number of fused-ring (bicyclic) bond motifs is 1. The average Bonchev–Trinajstić information content (AvgIpc) is 3.53. The molecule has 0 saturated heterocycles. The molecule has 4 atom stereocenters. The number of H-pyrrole nitrogens is 1. The van der Waals surface area contributed by atoms with E-state index in [0.29, 0.717) is 31.5 Å². The van der Waals surface area contributed by atoms with Crippen LogP contribution in [0.25, 0.3) is 0 Å². The van der Waals surface area contributed by atoms with Crippen LogP contribution >= 0.6 is 0 Å². The van der Waals surface area contributed by atoms with Gasteiger partial charge in [0.05, 0.1) is 18.1 Å². The van der Waals surface area contributed by atoms with Gasteiger partial charge in [0.2, 0.25) is 18.1 Å². The van der Waals surface area contributed by atoms with Gasteiger partial charge in [-0.05, 0) is 62.1 Å². The zero-order chi connectivity index (χ0) is 30.0. The fourth-order valence-electron chi connectivity index (χ4n) is 6.52. The summed E-state index contributed by atoms with van der Waals surface area (Å²) in [5.74, 6) is -1.85. The van der Waals surface area contributed by atoms with Crippen molar-refractivity contribution in [1.82, 2.24) is 20.6 Å². The highest BCUT2D eigenvalue weighted by Gasteiger charge is 2.48. The summed E-state index contributed by atoms with van der Waals surface area (Å²) in [4.78, 5) is 61.5. The summed E-state index contributed by atoms with van der Waals surface area (Å²) in [6, 6.07) is 5.91. The zero-order valence-corrected chi connectivity index (χ0v) is 24.4. The molecule has 2 aliphatic rings. The Hall–Kier alpha value is -3.37. The van der Waals surface area contributed by atoms with Gasteiger partial charge in [-0.15, -0.1) is 0 Å². The highest BCUT2D eigenvalue weighted by molar-refractivity contribution is 6.10. The number of nitrogens with two attached hydrogens (primary N) is 2. The number of Topliss-reactive ketones (excluding diaryl/α,β-unsaturated/α-hetero) is 1. The SMILES string of the molecule is NCCCC[C@H](N)C(=O)N[C@@H](Cc1c[nH]cn1)C(=O)N[C@]([C]=O)(CC1CCCCC1)C(=O)C1CCCc2ccccc21. The topological polar surface area (TPSA) is 173 Å². The number of carbonyl (C=O) groups is 3. The lowest BCUT2D eigenvalue weighted by Gasteiger charge is -2.37. The molecule has 227 valence electrons. The number of rotatable bonds is 15. The molecule has 2 aliphatic carbocycles. The van der Waals surface area contributed by atoms with Crippen molar-refractivity contribution in [2.45, 2.75) is 107 Å². The number of amides is 2. The Morgan fingerprint density at radius 1 is 1.07 bits per heavy atom. The Bertz CT molecular complexity index is 1200. The molecule has 0 aliphatic heterocycles. The van der Waals surface area contributed by atoms with Gasteiger partial charge in [0.15, 0.2) is 11.3 Å². The molecule has 10 nitrogen and oxygen atoms in total. The number of carbonyl (C=O) groups excluding carboxylic acids is 4. The number of aromatic nitrogens is 2. The second-order valence-electron chi connectivity index (χ2n) is 11.9. The highest BCUT2D eigenvalue weighted by atomic mass is 16.2. The summed E-state index contributed by atoms with van der Waals surface area (Å²) in [5.41, 5.74) is 12.4. The molecule has 7 N–H and O–H groups in total. The lowest BCUT2D eigenvalue weighted by Crippen LogP contribution is -2.63. The van der Waals surface area contributed by atoms with Gasteiger partial charge in [0.1, 0.15) is 6.04 Å². The standard InChI is InChI=1S/C32H45N6O4/c33-16-7-6-15-27(34)30(41)37-28(17-24-19-35-21-36-24)31(42)38-32(20-39,18-22-9-2-1-3-10-22)29(40)26-14-8-12-23-11-4-5-13-25(23)26/h4-5,11,13,19,21-22,26-28H,1-3,6-10,12,14-18,33-34H2,(H,35,36)(H,37,41)(H,38,42)/t26?,27-,28-,32-/m0/s1. The van der Waals surface area contributed by atoms with Crippen molar-refractivity contribution in [3.05, 3.63) is 53.6 Å². The second-order valence-corrected chi connectivity index (χ2v) is 11.9. The fraction of sp³-hybridized carbons (Fsp3) is 0.594. The van der Waals surface area contributed by atoms with E-state index in [4.69, 9.17) is 11.5 Å². The summed E-state index contributed by atoms with van der Waals surface area (Å²) < 4.78 is 0. The van der Waals surface area contributed by atoms with Gasteiger partial charge >= 0.3 is 0 Å². The van der Waals surface area contributed by atoms with Crippen LogP contribution in [0.3, 0.4) is 0 Å². The molecule has 0 spiro atoms. The number of nitrogens with one attached hydrogen (secondary N) is 3. The number of hydrogen-bond acceptors (Lipinski definition) is 7. The third-order valence-electron chi connectivity index (χ3n) is 8.84. The van der Waals surface area contributed by atoms with Crippen molar-refractivity contribution in [2.24, 2.45) is 17.4 Å². The average molecular weight is 578 g/mol. The zero-order valence-electron chi connectivity index (χ0n) is 24.4. The lowest BCUT2D eigenvalue weighted by atomic mass is 9.70. The van der Waals surface area contributed by atoms with E-state index in [9.17, 15) is 19.2 Å². The summed E-state index contributed by atoms with van der Waals surface area (Å²) in [7, 11) is 0. The van der Waals surface area contributed by atoms with E-state index in [2.05, 4.69) is 20.6 Å². The Morgan fingerprint density at radius 2 is 1.86 bits per heavy atom. The summed E-state index contributed by atoms with van der Waals surface area (Å²) in [6.07, 6.45) is 14.5. The quantitative estimate of drug-likeness (QED) is 0.160. The van der Waals surface area contributed by atoms with Gasteiger partial charge in [0.25, 0.3) is 0 Å². The van der Waals surface area contributed by atoms with Crippen LogP contribution in [0.15, 0.2) is 36.8 Å². The van der Waals surface area contributed by atoms with Crippen LogP contribution in [0.2, 0.25) is 0 Å². The maximum Gasteiger partial charge on any atom is 0.244 e. The third-order valence-corrected chi connectivity index (χ3v) is 8.84. The molecular formula is C32H45N6O4. The Labute approximate surface area is 248 Å². The third kappa shape index (κ3) is 7.92. The molecule has 1 heterocycles. The van der Waals surface area contributed by atoms with Gasteiger partial charge in [-0.25, -0.2) is 4.98 Å². The van der Waals surface area contributed by atoms with E-state index in [1.54, 1.807) is 6.20 Å². The molecule has 1 fully saturated rings. The lowest BCUT2D eigenvalue weighted by molar-refractivity contribution is -0.134. The van der Waals surface area contributed by atoms with Crippen LogP contribution in [0.5, 0.6) is 0 Å². The van der Waals surface area contributed by atoms with Crippen molar-refractivity contribution in [2.75, 3.05) is 6.54 Å². The predicted molar refractivity (Wildman–Crippen MR) is 160 cm³/mol. The van der Waals surface area contributed by atoms with E-state index in [1.807, 2.05) is 30.6 Å². The first kappa shape index (κ1) is 31.6. The monoisotopic (exact) mass is 577 g/mol. The normalized spacial score (nSPS) is 20.0. The van der Waals surface area contributed by atoms with Crippen LogP contribution in [-0.4, -0.2) is 58.0 Å². The molecule has 2 amide bonds. The van der Waals surface area contributed by atoms with E-state index >= 15 is 0 Å². The Kier molecular flexibility index (Phi) is 11.4. The van der Waals surface area contributed by atoms with Crippen molar-refractivity contribution >= 4 is 23.9 Å². The van der Waals surface area contributed by atoms with Crippen LogP contribution < -0.4 is 22.1 Å². The molecule has 1 aromatic carbocycles. The van der Waals surface area contributed by atoms with Gasteiger partial charge in [-0.2, -0.15) is 0 Å². The van der Waals surface area contributed by atoms with Crippen molar-refractivity contribution in [3.63, 3.8) is 0 Å². The first-order valence-corrected chi connectivity index (χ1v) is 15.4. The van der Waals surface area contributed by atoms with E-state index in [0.717, 1.165) is 62.5 Å². The fourth-order valence-corrected chi connectivity index (χ4v) is 6.52. The highest BCUT2D eigenvalue weighted by Crippen LogP contribution is 2.38. The van der Waals surface area contributed by atoms with Gasteiger partial charge in [0, 0.05) is 18.5 Å².